The number of nitrogens with zero attached hydrogens (tertiary/aromatic N) is 1. The fraction of sp³-hybridized carbons (Fsp3) is 0.231. The fourth-order valence-electron chi connectivity index (χ4n) is 1.59. The Hall–Kier alpha value is -1.81. The molecule has 0 saturated carbocycles. The minimum Gasteiger partial charge on any atom is -0.461 e. The summed E-state index contributed by atoms with van der Waals surface area (Å²) in [6, 6.07) is 7.26. The van der Waals surface area contributed by atoms with Crippen molar-refractivity contribution in [1.82, 2.24) is 10.2 Å². The number of carbonyl (C=O) groups is 1. The standard InChI is InChI=1S/C13H13ClN2O2/c1-3-18-13(17)12-7-11(15-16-12)9-4-5-10(14)8(2)6-9/h4-7H,3H2,1-2H3,(H,15,16). The van der Waals surface area contributed by atoms with Gasteiger partial charge in [0.05, 0.1) is 12.3 Å². The van der Waals surface area contributed by atoms with E-state index >= 15 is 0 Å². The van der Waals surface area contributed by atoms with Crippen LogP contribution in [0, 0.1) is 6.92 Å². The van der Waals surface area contributed by atoms with Gasteiger partial charge in [-0.2, -0.15) is 5.10 Å². The molecule has 0 spiro atoms. The van der Waals surface area contributed by atoms with Gasteiger partial charge in [0.25, 0.3) is 0 Å². The lowest BCUT2D eigenvalue weighted by molar-refractivity contribution is 0.0519. The van der Waals surface area contributed by atoms with E-state index in [9.17, 15) is 4.79 Å². The van der Waals surface area contributed by atoms with Crippen molar-refractivity contribution in [2.75, 3.05) is 6.61 Å². The van der Waals surface area contributed by atoms with Crippen LogP contribution in [-0.2, 0) is 4.74 Å². The van der Waals surface area contributed by atoms with E-state index in [-0.39, 0.29) is 0 Å². The summed E-state index contributed by atoms with van der Waals surface area (Å²) < 4.78 is 4.89. The van der Waals surface area contributed by atoms with E-state index in [1.54, 1.807) is 13.0 Å². The van der Waals surface area contributed by atoms with E-state index in [1.807, 2.05) is 25.1 Å². The molecule has 0 unspecified atom stereocenters. The third-order valence-corrected chi connectivity index (χ3v) is 2.95. The molecule has 2 aromatic rings. The van der Waals surface area contributed by atoms with Crippen LogP contribution in [-0.4, -0.2) is 22.8 Å². The molecular formula is C13H13ClN2O2. The van der Waals surface area contributed by atoms with Gasteiger partial charge in [0, 0.05) is 10.6 Å². The van der Waals surface area contributed by atoms with Crippen LogP contribution in [0.1, 0.15) is 23.0 Å². The predicted octanol–water partition coefficient (Wildman–Crippen LogP) is 3.22. The summed E-state index contributed by atoms with van der Waals surface area (Å²) in [4.78, 5) is 11.5. The molecular weight excluding hydrogens is 252 g/mol. The van der Waals surface area contributed by atoms with Crippen molar-refractivity contribution in [2.45, 2.75) is 13.8 Å². The van der Waals surface area contributed by atoms with Crippen LogP contribution >= 0.6 is 11.6 Å². The van der Waals surface area contributed by atoms with Gasteiger partial charge in [0.2, 0.25) is 0 Å². The van der Waals surface area contributed by atoms with Crippen LogP contribution in [0.25, 0.3) is 11.3 Å². The Kier molecular flexibility index (Phi) is 3.67. The number of hydrogen-bond donors (Lipinski definition) is 1. The van der Waals surface area contributed by atoms with E-state index in [0.717, 1.165) is 11.1 Å². The predicted molar refractivity (Wildman–Crippen MR) is 69.7 cm³/mol. The number of aromatic nitrogens is 2. The molecule has 94 valence electrons. The number of rotatable bonds is 3. The van der Waals surface area contributed by atoms with Crippen LogP contribution in [0.3, 0.4) is 0 Å². The molecule has 4 nitrogen and oxygen atoms in total. The quantitative estimate of drug-likeness (QED) is 0.866. The van der Waals surface area contributed by atoms with Gasteiger partial charge in [-0.05, 0) is 37.6 Å². The van der Waals surface area contributed by atoms with Crippen molar-refractivity contribution in [3.05, 3.63) is 40.5 Å². The van der Waals surface area contributed by atoms with Gasteiger partial charge in [0.15, 0.2) is 0 Å². The summed E-state index contributed by atoms with van der Waals surface area (Å²) in [6.07, 6.45) is 0. The van der Waals surface area contributed by atoms with Gasteiger partial charge in [-0.25, -0.2) is 4.79 Å². The van der Waals surface area contributed by atoms with Crippen LogP contribution in [0.2, 0.25) is 5.02 Å². The van der Waals surface area contributed by atoms with E-state index in [0.29, 0.717) is 23.0 Å². The smallest absolute Gasteiger partial charge is 0.356 e. The average molecular weight is 265 g/mol. The van der Waals surface area contributed by atoms with E-state index < -0.39 is 5.97 Å². The zero-order valence-electron chi connectivity index (χ0n) is 10.2. The summed E-state index contributed by atoms with van der Waals surface area (Å²) in [7, 11) is 0. The highest BCUT2D eigenvalue weighted by molar-refractivity contribution is 6.31. The first kappa shape index (κ1) is 12.6. The lowest BCUT2D eigenvalue weighted by Gasteiger charge is -2.00. The molecule has 0 aliphatic carbocycles. The second-order valence-corrected chi connectivity index (χ2v) is 4.26. The Balaban J connectivity index is 2.29. The Morgan fingerprint density at radius 3 is 2.89 bits per heavy atom. The molecule has 2 rings (SSSR count). The Morgan fingerprint density at radius 2 is 2.22 bits per heavy atom. The molecule has 0 aliphatic rings. The first-order valence-corrected chi connectivity index (χ1v) is 5.98. The van der Waals surface area contributed by atoms with E-state index in [1.165, 1.54) is 0 Å². The van der Waals surface area contributed by atoms with Crippen molar-refractivity contribution in [3.63, 3.8) is 0 Å². The van der Waals surface area contributed by atoms with Gasteiger partial charge < -0.3 is 4.74 Å². The number of H-pyrrole nitrogens is 1. The van der Waals surface area contributed by atoms with Gasteiger partial charge in [0.1, 0.15) is 5.69 Å². The lowest BCUT2D eigenvalue weighted by Crippen LogP contribution is -2.04. The molecule has 1 N–H and O–H groups in total. The number of ether oxygens (including phenoxy) is 1. The van der Waals surface area contributed by atoms with Gasteiger partial charge in [-0.3, -0.25) is 5.10 Å². The Morgan fingerprint density at radius 1 is 1.44 bits per heavy atom. The minimum absolute atomic E-state index is 0.341. The third kappa shape index (κ3) is 2.54. The molecule has 0 atom stereocenters. The van der Waals surface area contributed by atoms with Gasteiger partial charge in [-0.1, -0.05) is 17.7 Å². The summed E-state index contributed by atoms with van der Waals surface area (Å²) in [5, 5.41) is 7.47. The van der Waals surface area contributed by atoms with Crippen molar-refractivity contribution in [1.29, 1.82) is 0 Å². The number of esters is 1. The first-order chi connectivity index (χ1) is 8.61. The lowest BCUT2D eigenvalue weighted by atomic mass is 10.1. The van der Waals surface area contributed by atoms with E-state index in [2.05, 4.69) is 10.2 Å². The van der Waals surface area contributed by atoms with Crippen LogP contribution < -0.4 is 0 Å². The largest absolute Gasteiger partial charge is 0.461 e. The van der Waals surface area contributed by atoms with Crippen molar-refractivity contribution in [3.8, 4) is 11.3 Å². The molecule has 0 saturated heterocycles. The molecule has 18 heavy (non-hydrogen) atoms. The molecule has 0 aliphatic heterocycles. The summed E-state index contributed by atoms with van der Waals surface area (Å²) in [6.45, 7) is 4.02. The molecule has 0 radical (unpaired) electrons. The Labute approximate surface area is 110 Å². The van der Waals surface area contributed by atoms with Crippen molar-refractivity contribution < 1.29 is 9.53 Å². The van der Waals surface area contributed by atoms with Crippen LogP contribution in [0.15, 0.2) is 24.3 Å². The third-order valence-electron chi connectivity index (χ3n) is 2.53. The maximum Gasteiger partial charge on any atom is 0.356 e. The molecule has 0 bridgehead atoms. The number of aryl methyl sites for hydroxylation is 1. The normalized spacial score (nSPS) is 10.4. The minimum atomic E-state index is -0.401. The highest BCUT2D eigenvalue weighted by atomic mass is 35.5. The fourth-order valence-corrected chi connectivity index (χ4v) is 1.70. The van der Waals surface area contributed by atoms with Crippen LogP contribution in [0.5, 0.6) is 0 Å². The molecule has 0 fully saturated rings. The number of hydrogen-bond acceptors (Lipinski definition) is 3. The maximum atomic E-state index is 11.5. The summed E-state index contributed by atoms with van der Waals surface area (Å²) in [5.41, 5.74) is 2.91. The zero-order valence-corrected chi connectivity index (χ0v) is 10.9. The van der Waals surface area contributed by atoms with Gasteiger partial charge in [-0.15, -0.1) is 0 Å². The number of carbonyl (C=O) groups excluding carboxylic acids is 1. The zero-order chi connectivity index (χ0) is 13.1. The second-order valence-electron chi connectivity index (χ2n) is 3.85. The van der Waals surface area contributed by atoms with E-state index in [4.69, 9.17) is 16.3 Å². The van der Waals surface area contributed by atoms with Gasteiger partial charge >= 0.3 is 5.97 Å². The van der Waals surface area contributed by atoms with Crippen molar-refractivity contribution in [2.24, 2.45) is 0 Å². The van der Waals surface area contributed by atoms with Crippen LogP contribution in [0.4, 0.5) is 0 Å². The number of halogens is 1. The molecule has 0 amide bonds. The highest BCUT2D eigenvalue weighted by Gasteiger charge is 2.12. The number of aromatic amines is 1. The summed E-state index contributed by atoms with van der Waals surface area (Å²) >= 11 is 5.96. The molecule has 1 aromatic carbocycles. The van der Waals surface area contributed by atoms with Crippen molar-refractivity contribution >= 4 is 17.6 Å². The number of nitrogens with one attached hydrogen (secondary N) is 1. The first-order valence-electron chi connectivity index (χ1n) is 5.61. The summed E-state index contributed by atoms with van der Waals surface area (Å²) in [5.74, 6) is -0.401. The average Bonchev–Trinajstić information content (AvgIpc) is 2.82. The SMILES string of the molecule is CCOC(=O)c1cc(-c2ccc(Cl)c(C)c2)n[nH]1. The Bertz CT molecular complexity index is 578. The molecule has 1 aromatic heterocycles. The second kappa shape index (κ2) is 5.23. The number of benzene rings is 1. The molecule has 1 heterocycles. The maximum absolute atomic E-state index is 11.5. The topological polar surface area (TPSA) is 55.0 Å². The highest BCUT2D eigenvalue weighted by Crippen LogP contribution is 2.23. The monoisotopic (exact) mass is 264 g/mol. The molecule has 5 heteroatoms.